The normalized spacial score (nSPS) is 10.1. The number of benzene rings is 1. The highest BCUT2D eigenvalue weighted by Crippen LogP contribution is 2.28. The average Bonchev–Trinajstić information content (AvgIpc) is 2.27. The fraction of sp³-hybridized carbons (Fsp3) is 0.273. The van der Waals surface area contributed by atoms with E-state index in [1.54, 1.807) is 0 Å². The predicted octanol–water partition coefficient (Wildman–Crippen LogP) is 2.81. The Kier molecular flexibility index (Phi) is 4.10. The van der Waals surface area contributed by atoms with Gasteiger partial charge >= 0.3 is 5.97 Å². The average molecular weight is 243 g/mol. The molecule has 0 N–H and O–H groups in total. The monoisotopic (exact) mass is 243 g/mol. The number of ether oxygens (including phenoxy) is 1. The number of nitriles is 1. The zero-order valence-electron chi connectivity index (χ0n) is 8.84. The number of rotatable bonds is 3. The third-order valence-corrected chi connectivity index (χ3v) is 1.98. The number of nitrogens with zero attached hydrogens (tertiary/aromatic N) is 1. The van der Waals surface area contributed by atoms with Gasteiger partial charge in [0, 0.05) is 0 Å². The fourth-order valence-corrected chi connectivity index (χ4v) is 1.32. The van der Waals surface area contributed by atoms with E-state index in [2.05, 4.69) is 4.74 Å². The lowest BCUT2D eigenvalue weighted by Gasteiger charge is -2.09. The molecule has 0 aliphatic carbocycles. The second-order valence-corrected chi connectivity index (χ2v) is 3.05. The maximum atomic E-state index is 13.1. The largest absolute Gasteiger partial charge is 0.462 e. The molecule has 90 valence electrons. The van der Waals surface area contributed by atoms with Crippen molar-refractivity contribution in [3.05, 3.63) is 34.6 Å². The maximum Gasteiger partial charge on any atom is 0.338 e. The summed E-state index contributed by atoms with van der Waals surface area (Å²) in [6.07, 6.45) is -3.05. The summed E-state index contributed by atoms with van der Waals surface area (Å²) in [5, 5.41) is 8.63. The Morgan fingerprint density at radius 3 is 2.65 bits per heavy atom. The summed E-state index contributed by atoms with van der Waals surface area (Å²) in [4.78, 5) is 11.4. The molecular formula is C11H8F3NO2. The molecule has 0 radical (unpaired) electrons. The van der Waals surface area contributed by atoms with Gasteiger partial charge in [0.05, 0.1) is 29.4 Å². The van der Waals surface area contributed by atoms with Crippen molar-refractivity contribution in [1.29, 1.82) is 5.26 Å². The topological polar surface area (TPSA) is 50.1 Å². The molecule has 0 fully saturated rings. The molecule has 0 saturated carbocycles. The highest BCUT2D eigenvalue weighted by atomic mass is 19.3. The molecule has 0 spiro atoms. The summed E-state index contributed by atoms with van der Waals surface area (Å²) in [6, 6.07) is 2.72. The molecule has 1 aromatic carbocycles. The van der Waals surface area contributed by atoms with Crippen molar-refractivity contribution in [3.63, 3.8) is 0 Å². The van der Waals surface area contributed by atoms with Crippen LogP contribution in [0.5, 0.6) is 0 Å². The van der Waals surface area contributed by atoms with Gasteiger partial charge in [0.1, 0.15) is 5.82 Å². The van der Waals surface area contributed by atoms with Crippen molar-refractivity contribution < 1.29 is 22.7 Å². The number of esters is 1. The SMILES string of the molecule is CCOC(=O)c1cc(F)cc(C#N)c1C(F)F. The lowest BCUT2D eigenvalue weighted by molar-refractivity contribution is 0.0514. The molecule has 0 unspecified atom stereocenters. The molecule has 0 bridgehead atoms. The number of carbonyl (C=O) groups excluding carboxylic acids is 1. The highest BCUT2D eigenvalue weighted by Gasteiger charge is 2.24. The van der Waals surface area contributed by atoms with Crippen LogP contribution in [0.25, 0.3) is 0 Å². The maximum absolute atomic E-state index is 13.1. The molecule has 1 aromatic rings. The molecule has 0 heterocycles. The summed E-state index contributed by atoms with van der Waals surface area (Å²) < 4.78 is 43.0. The van der Waals surface area contributed by atoms with E-state index >= 15 is 0 Å². The Hall–Kier alpha value is -2.03. The Balaban J connectivity index is 3.42. The second-order valence-electron chi connectivity index (χ2n) is 3.05. The van der Waals surface area contributed by atoms with E-state index in [0.29, 0.717) is 12.1 Å². The Bertz CT molecular complexity index is 480. The van der Waals surface area contributed by atoms with Gasteiger partial charge in [0.2, 0.25) is 0 Å². The van der Waals surface area contributed by atoms with E-state index in [9.17, 15) is 18.0 Å². The molecule has 6 heteroatoms. The van der Waals surface area contributed by atoms with E-state index in [1.807, 2.05) is 0 Å². The summed E-state index contributed by atoms with van der Waals surface area (Å²) in [7, 11) is 0. The molecule has 0 aliphatic rings. The van der Waals surface area contributed by atoms with Gasteiger partial charge in [-0.1, -0.05) is 0 Å². The lowest BCUT2D eigenvalue weighted by atomic mass is 10.0. The quantitative estimate of drug-likeness (QED) is 0.767. The minimum atomic E-state index is -3.05. The third-order valence-electron chi connectivity index (χ3n) is 1.98. The molecule has 0 saturated heterocycles. The predicted molar refractivity (Wildman–Crippen MR) is 52.0 cm³/mol. The Labute approximate surface area is 95.4 Å². The first-order chi connectivity index (χ1) is 8.01. The van der Waals surface area contributed by atoms with E-state index in [1.165, 1.54) is 13.0 Å². The van der Waals surface area contributed by atoms with Crippen molar-refractivity contribution in [2.75, 3.05) is 6.61 Å². The van der Waals surface area contributed by atoms with Crippen molar-refractivity contribution in [2.45, 2.75) is 13.3 Å². The number of carbonyl (C=O) groups is 1. The minimum absolute atomic E-state index is 0.0279. The van der Waals surface area contributed by atoms with Gasteiger partial charge < -0.3 is 4.74 Å². The third kappa shape index (κ3) is 2.75. The van der Waals surface area contributed by atoms with Crippen LogP contribution in [0.4, 0.5) is 13.2 Å². The van der Waals surface area contributed by atoms with Gasteiger partial charge in [-0.05, 0) is 19.1 Å². The molecule has 1 rings (SSSR count). The summed E-state index contributed by atoms with van der Waals surface area (Å²) in [6.45, 7) is 1.46. The van der Waals surface area contributed by atoms with Gasteiger partial charge in [0.15, 0.2) is 0 Å². The molecule has 0 aliphatic heterocycles. The summed E-state index contributed by atoms with van der Waals surface area (Å²) >= 11 is 0. The van der Waals surface area contributed by atoms with E-state index in [-0.39, 0.29) is 6.61 Å². The Morgan fingerprint density at radius 2 is 2.18 bits per heavy atom. The Morgan fingerprint density at radius 1 is 1.53 bits per heavy atom. The van der Waals surface area contributed by atoms with Crippen LogP contribution in [-0.2, 0) is 4.74 Å². The first-order valence-electron chi connectivity index (χ1n) is 4.70. The molecular weight excluding hydrogens is 235 g/mol. The standard InChI is InChI=1S/C11H8F3NO2/c1-2-17-11(16)8-4-7(12)3-6(5-15)9(8)10(13)14/h3-4,10H,2H2,1H3. The lowest BCUT2D eigenvalue weighted by Crippen LogP contribution is -2.10. The van der Waals surface area contributed by atoms with Gasteiger partial charge in [-0.2, -0.15) is 5.26 Å². The van der Waals surface area contributed by atoms with Crippen molar-refractivity contribution >= 4 is 5.97 Å². The van der Waals surface area contributed by atoms with Gasteiger partial charge in [-0.15, -0.1) is 0 Å². The summed E-state index contributed by atoms with van der Waals surface area (Å²) in [5.41, 5.74) is -1.98. The highest BCUT2D eigenvalue weighted by molar-refractivity contribution is 5.92. The number of hydrogen-bond acceptors (Lipinski definition) is 3. The van der Waals surface area contributed by atoms with Crippen LogP contribution in [0.1, 0.15) is 34.8 Å². The zero-order chi connectivity index (χ0) is 13.0. The molecule has 0 aromatic heterocycles. The zero-order valence-corrected chi connectivity index (χ0v) is 8.84. The fourth-order valence-electron chi connectivity index (χ4n) is 1.32. The smallest absolute Gasteiger partial charge is 0.338 e. The summed E-state index contributed by atoms with van der Waals surface area (Å²) in [5.74, 6) is -2.01. The van der Waals surface area contributed by atoms with E-state index in [4.69, 9.17) is 5.26 Å². The second kappa shape index (κ2) is 5.34. The number of halogens is 3. The van der Waals surface area contributed by atoms with Crippen LogP contribution < -0.4 is 0 Å². The molecule has 17 heavy (non-hydrogen) atoms. The molecule has 3 nitrogen and oxygen atoms in total. The first-order valence-corrected chi connectivity index (χ1v) is 4.70. The van der Waals surface area contributed by atoms with Crippen molar-refractivity contribution in [1.82, 2.24) is 0 Å². The van der Waals surface area contributed by atoms with Crippen LogP contribution >= 0.6 is 0 Å². The van der Waals surface area contributed by atoms with Crippen molar-refractivity contribution in [2.24, 2.45) is 0 Å². The molecule has 0 atom stereocenters. The van der Waals surface area contributed by atoms with Crippen LogP contribution in [0, 0.1) is 17.1 Å². The van der Waals surface area contributed by atoms with E-state index < -0.39 is 34.9 Å². The van der Waals surface area contributed by atoms with Gasteiger partial charge in [-0.25, -0.2) is 18.0 Å². The van der Waals surface area contributed by atoms with E-state index in [0.717, 1.165) is 0 Å². The minimum Gasteiger partial charge on any atom is -0.462 e. The van der Waals surface area contributed by atoms with Crippen LogP contribution in [0.15, 0.2) is 12.1 Å². The van der Waals surface area contributed by atoms with Crippen LogP contribution in [0.3, 0.4) is 0 Å². The molecule has 0 amide bonds. The van der Waals surface area contributed by atoms with Crippen LogP contribution in [0.2, 0.25) is 0 Å². The number of hydrogen-bond donors (Lipinski definition) is 0. The number of alkyl halides is 2. The van der Waals surface area contributed by atoms with Gasteiger partial charge in [-0.3, -0.25) is 0 Å². The van der Waals surface area contributed by atoms with Crippen molar-refractivity contribution in [3.8, 4) is 6.07 Å². The van der Waals surface area contributed by atoms with Crippen LogP contribution in [-0.4, -0.2) is 12.6 Å². The van der Waals surface area contributed by atoms with Gasteiger partial charge in [0.25, 0.3) is 6.43 Å². The first kappa shape index (κ1) is 13.0.